The number of fused-ring (bicyclic) bond motifs is 1. The second-order valence-electron chi connectivity index (χ2n) is 8.23. The molecule has 26 heavy (non-hydrogen) atoms. The molecule has 1 N–H and O–H groups in total. The molecule has 0 aromatic rings. The zero-order valence-electron chi connectivity index (χ0n) is 16.5. The molecule has 148 valence electrons. The molecule has 2 fully saturated rings. The van der Waals surface area contributed by atoms with Crippen LogP contribution >= 0.6 is 0 Å². The summed E-state index contributed by atoms with van der Waals surface area (Å²) in [7, 11) is 0. The Kier molecular flexibility index (Phi) is 6.53. The van der Waals surface area contributed by atoms with Gasteiger partial charge < -0.3 is 19.7 Å². The van der Waals surface area contributed by atoms with Crippen LogP contribution in [0.1, 0.15) is 66.7 Å². The highest BCUT2D eigenvalue weighted by Crippen LogP contribution is 2.40. The molecule has 0 spiro atoms. The number of carbonyl (C=O) groups excluding carboxylic acids is 3. The number of nitrogens with zero attached hydrogens (tertiary/aromatic N) is 1. The lowest BCUT2D eigenvalue weighted by Crippen LogP contribution is -2.54. The molecule has 1 saturated heterocycles. The van der Waals surface area contributed by atoms with Gasteiger partial charge in [-0.05, 0) is 59.8 Å². The Morgan fingerprint density at radius 3 is 2.46 bits per heavy atom. The predicted octanol–water partition coefficient (Wildman–Crippen LogP) is 2.62. The number of likely N-dealkylation sites (tertiary alicyclic amines) is 1. The molecule has 1 aliphatic heterocycles. The monoisotopic (exact) mass is 368 g/mol. The van der Waals surface area contributed by atoms with Crippen LogP contribution in [0.3, 0.4) is 0 Å². The molecule has 7 heteroatoms. The van der Waals surface area contributed by atoms with Crippen LogP contribution in [-0.2, 0) is 19.1 Å². The van der Waals surface area contributed by atoms with E-state index in [4.69, 9.17) is 9.47 Å². The third kappa shape index (κ3) is 4.89. The first-order valence-corrected chi connectivity index (χ1v) is 9.62. The van der Waals surface area contributed by atoms with Gasteiger partial charge in [-0.1, -0.05) is 12.8 Å². The summed E-state index contributed by atoms with van der Waals surface area (Å²) in [5.41, 5.74) is -0.636. The summed E-state index contributed by atoms with van der Waals surface area (Å²) < 4.78 is 10.4. The van der Waals surface area contributed by atoms with Crippen molar-refractivity contribution >= 4 is 18.0 Å². The van der Waals surface area contributed by atoms with Crippen LogP contribution in [0.5, 0.6) is 0 Å². The number of alkyl carbamates (subject to hydrolysis) is 1. The first-order chi connectivity index (χ1) is 12.1. The van der Waals surface area contributed by atoms with Gasteiger partial charge in [-0.25, -0.2) is 9.59 Å². The number of ether oxygens (including phenoxy) is 2. The minimum Gasteiger partial charge on any atom is -0.464 e. The first kappa shape index (κ1) is 20.5. The van der Waals surface area contributed by atoms with E-state index in [-0.39, 0.29) is 17.9 Å². The maximum Gasteiger partial charge on any atom is 0.408 e. The highest BCUT2D eigenvalue weighted by atomic mass is 16.6. The number of carbonyl (C=O) groups is 3. The van der Waals surface area contributed by atoms with E-state index in [1.165, 1.54) is 0 Å². The van der Waals surface area contributed by atoms with Gasteiger partial charge in [0.25, 0.3) is 0 Å². The lowest BCUT2D eigenvalue weighted by molar-refractivity contribution is -0.154. The van der Waals surface area contributed by atoms with E-state index in [1.54, 1.807) is 39.5 Å². The van der Waals surface area contributed by atoms with E-state index in [0.717, 1.165) is 25.7 Å². The van der Waals surface area contributed by atoms with E-state index in [2.05, 4.69) is 5.32 Å². The molecule has 7 nitrogen and oxygen atoms in total. The van der Waals surface area contributed by atoms with Crippen molar-refractivity contribution < 1.29 is 23.9 Å². The summed E-state index contributed by atoms with van der Waals surface area (Å²) in [5, 5.41) is 2.60. The fourth-order valence-electron chi connectivity index (χ4n) is 4.00. The summed E-state index contributed by atoms with van der Waals surface area (Å²) in [6.07, 6.45) is 4.11. The van der Waals surface area contributed by atoms with E-state index < -0.39 is 23.8 Å². The third-order valence-electron chi connectivity index (χ3n) is 5.00. The van der Waals surface area contributed by atoms with Crippen molar-refractivity contribution in [2.45, 2.75) is 90.4 Å². The van der Waals surface area contributed by atoms with Crippen molar-refractivity contribution in [1.29, 1.82) is 0 Å². The molecule has 2 unspecified atom stereocenters. The van der Waals surface area contributed by atoms with E-state index in [9.17, 15) is 14.4 Å². The Morgan fingerprint density at radius 2 is 1.85 bits per heavy atom. The van der Waals surface area contributed by atoms with Crippen LogP contribution in [-0.4, -0.2) is 53.2 Å². The molecule has 4 atom stereocenters. The SMILES string of the molecule is CCOC(=O)[C@@H]1CC2CCCCC2N1C(=O)[C@H](C)NC(=O)OC(C)(C)C. The largest absolute Gasteiger partial charge is 0.464 e. The molecular weight excluding hydrogens is 336 g/mol. The molecule has 0 aromatic heterocycles. The molecule has 2 amide bonds. The lowest BCUT2D eigenvalue weighted by atomic mass is 9.84. The fraction of sp³-hybridized carbons (Fsp3) is 0.842. The first-order valence-electron chi connectivity index (χ1n) is 9.62. The van der Waals surface area contributed by atoms with Crippen molar-refractivity contribution in [2.75, 3.05) is 6.61 Å². The quantitative estimate of drug-likeness (QED) is 0.771. The third-order valence-corrected chi connectivity index (χ3v) is 5.00. The number of hydrogen-bond acceptors (Lipinski definition) is 5. The van der Waals surface area contributed by atoms with Crippen molar-refractivity contribution in [2.24, 2.45) is 5.92 Å². The van der Waals surface area contributed by atoms with Crippen molar-refractivity contribution in [3.63, 3.8) is 0 Å². The topological polar surface area (TPSA) is 84.9 Å². The Bertz CT molecular complexity index is 543. The van der Waals surface area contributed by atoms with Crippen LogP contribution in [0.2, 0.25) is 0 Å². The molecular formula is C19H32N2O5. The highest BCUT2D eigenvalue weighted by molar-refractivity contribution is 5.90. The summed E-state index contributed by atoms with van der Waals surface area (Å²) in [5.74, 6) is -0.265. The second kappa shape index (κ2) is 8.27. The summed E-state index contributed by atoms with van der Waals surface area (Å²) >= 11 is 0. The van der Waals surface area contributed by atoms with Crippen LogP contribution in [0.25, 0.3) is 0 Å². The maximum atomic E-state index is 13.1. The summed E-state index contributed by atoms with van der Waals surface area (Å²) in [6, 6.07) is -1.27. The van der Waals surface area contributed by atoms with Crippen molar-refractivity contribution in [3.05, 3.63) is 0 Å². The van der Waals surface area contributed by atoms with Gasteiger partial charge >= 0.3 is 12.1 Å². The van der Waals surface area contributed by atoms with Gasteiger partial charge in [-0.15, -0.1) is 0 Å². The van der Waals surface area contributed by atoms with Crippen LogP contribution < -0.4 is 5.32 Å². The number of hydrogen-bond donors (Lipinski definition) is 1. The van der Waals surface area contributed by atoms with E-state index in [0.29, 0.717) is 18.9 Å². The zero-order valence-corrected chi connectivity index (χ0v) is 16.5. The predicted molar refractivity (Wildman–Crippen MR) is 96.5 cm³/mol. The smallest absolute Gasteiger partial charge is 0.408 e. The molecule has 0 bridgehead atoms. The minimum absolute atomic E-state index is 0.0496. The van der Waals surface area contributed by atoms with Gasteiger partial charge in [0, 0.05) is 6.04 Å². The van der Waals surface area contributed by atoms with Gasteiger partial charge in [-0.3, -0.25) is 4.79 Å². The molecule has 0 radical (unpaired) electrons. The lowest BCUT2D eigenvalue weighted by Gasteiger charge is -2.35. The Hall–Kier alpha value is -1.79. The fourth-order valence-corrected chi connectivity index (χ4v) is 4.00. The van der Waals surface area contributed by atoms with Gasteiger partial charge in [-0.2, -0.15) is 0 Å². The Labute approximate surface area is 155 Å². The van der Waals surface area contributed by atoms with Crippen molar-refractivity contribution in [1.82, 2.24) is 10.2 Å². The molecule has 1 aliphatic carbocycles. The standard InChI is InChI=1S/C19H32N2O5/c1-6-25-17(23)15-11-13-9-7-8-10-14(13)21(15)16(22)12(2)20-18(24)26-19(3,4)5/h12-15H,6-11H2,1-5H3,(H,20,24)/t12-,13?,14?,15-/m0/s1. The van der Waals surface area contributed by atoms with Crippen LogP contribution in [0.15, 0.2) is 0 Å². The normalized spacial score (nSPS) is 26.7. The molecule has 2 aliphatic rings. The summed E-state index contributed by atoms with van der Waals surface area (Å²) in [4.78, 5) is 39.1. The minimum atomic E-state index is -0.762. The average Bonchev–Trinajstić information content (AvgIpc) is 2.91. The Balaban J connectivity index is 2.11. The molecule has 1 saturated carbocycles. The maximum absolute atomic E-state index is 13.1. The second-order valence-corrected chi connectivity index (χ2v) is 8.23. The van der Waals surface area contributed by atoms with Gasteiger partial charge in [0.2, 0.25) is 5.91 Å². The van der Waals surface area contributed by atoms with Crippen LogP contribution in [0.4, 0.5) is 4.79 Å². The van der Waals surface area contributed by atoms with E-state index >= 15 is 0 Å². The van der Waals surface area contributed by atoms with E-state index in [1.807, 2.05) is 0 Å². The van der Waals surface area contributed by atoms with Gasteiger partial charge in [0.05, 0.1) is 6.61 Å². The number of nitrogens with one attached hydrogen (secondary N) is 1. The zero-order chi connectivity index (χ0) is 19.5. The number of rotatable bonds is 4. The van der Waals surface area contributed by atoms with Gasteiger partial charge in [0.15, 0.2) is 0 Å². The van der Waals surface area contributed by atoms with Gasteiger partial charge in [0.1, 0.15) is 17.7 Å². The number of esters is 1. The number of amides is 2. The van der Waals surface area contributed by atoms with Crippen molar-refractivity contribution in [3.8, 4) is 0 Å². The molecule has 1 heterocycles. The summed E-state index contributed by atoms with van der Waals surface area (Å²) in [6.45, 7) is 8.98. The van der Waals surface area contributed by atoms with Crippen LogP contribution in [0, 0.1) is 5.92 Å². The average molecular weight is 368 g/mol. The molecule has 0 aromatic carbocycles. The Morgan fingerprint density at radius 1 is 1.19 bits per heavy atom. The highest BCUT2D eigenvalue weighted by Gasteiger charge is 2.49. The molecule has 2 rings (SSSR count).